The lowest BCUT2D eigenvalue weighted by Crippen LogP contribution is -2.61. The lowest BCUT2D eigenvalue weighted by molar-refractivity contribution is -0.144. The Morgan fingerprint density at radius 2 is 1.17 bits per heavy atom. The summed E-state index contributed by atoms with van der Waals surface area (Å²) in [6.07, 6.45) is 6.46. The Morgan fingerprint density at radius 1 is 0.655 bits per heavy atom. The van der Waals surface area contributed by atoms with E-state index in [9.17, 15) is 58.2 Å². The van der Waals surface area contributed by atoms with Gasteiger partial charge in [-0.1, -0.05) is 91.6 Å². The number of carbonyl (C=O) groups is 10. The number of amides is 9. The number of imidazole rings is 1. The minimum atomic E-state index is -1.71. The van der Waals surface area contributed by atoms with Gasteiger partial charge in [0.2, 0.25) is 53.2 Å². The highest BCUT2D eigenvalue weighted by atomic mass is 16.4. The van der Waals surface area contributed by atoms with Crippen molar-refractivity contribution in [3.05, 3.63) is 54.1 Å². The number of carbonyl (C=O) groups excluding carboxylic acids is 9. The third-order valence-corrected chi connectivity index (χ3v) is 14.7. The van der Waals surface area contributed by atoms with Crippen LogP contribution in [0, 0.1) is 17.8 Å². The molecule has 9 amide bonds. The number of nitrogens with two attached hydrogens (primary N) is 3. The normalized spacial score (nSPS) is 17.9. The Labute approximate surface area is 491 Å². The Balaban J connectivity index is 1.53. The largest absolute Gasteiger partial charge is 0.480 e. The molecule has 466 valence electrons. The van der Waals surface area contributed by atoms with Gasteiger partial charge in [0.05, 0.1) is 19.0 Å². The van der Waals surface area contributed by atoms with Crippen LogP contribution in [0.15, 0.2) is 47.8 Å². The van der Waals surface area contributed by atoms with Crippen molar-refractivity contribution in [2.75, 3.05) is 26.2 Å². The molecule has 0 spiro atoms. The fraction of sp³-hybridized carbons (Fsp3) is 0.649. The summed E-state index contributed by atoms with van der Waals surface area (Å²) in [5.41, 5.74) is 18.4. The van der Waals surface area contributed by atoms with E-state index in [0.29, 0.717) is 43.5 Å². The topological polar surface area (TPSA) is 421 Å². The molecule has 10 atom stereocenters. The van der Waals surface area contributed by atoms with Crippen molar-refractivity contribution in [3.63, 3.8) is 0 Å². The van der Waals surface area contributed by atoms with E-state index >= 15 is 0 Å². The van der Waals surface area contributed by atoms with Gasteiger partial charge in [0.1, 0.15) is 54.4 Å². The van der Waals surface area contributed by atoms with E-state index in [0.717, 1.165) is 12.8 Å². The van der Waals surface area contributed by atoms with Crippen molar-refractivity contribution in [2.45, 2.75) is 192 Å². The predicted molar refractivity (Wildman–Crippen MR) is 311 cm³/mol. The van der Waals surface area contributed by atoms with Crippen molar-refractivity contribution in [1.82, 2.24) is 57.0 Å². The summed E-state index contributed by atoms with van der Waals surface area (Å²) in [5.74, 6) is -8.71. The van der Waals surface area contributed by atoms with Gasteiger partial charge < -0.3 is 79.4 Å². The third kappa shape index (κ3) is 21.5. The summed E-state index contributed by atoms with van der Waals surface area (Å²) >= 11 is 0. The third-order valence-electron chi connectivity index (χ3n) is 14.7. The van der Waals surface area contributed by atoms with Crippen LogP contribution in [-0.2, 0) is 60.8 Å². The van der Waals surface area contributed by atoms with Gasteiger partial charge in [0.25, 0.3) is 0 Å². The second kappa shape index (κ2) is 34.2. The van der Waals surface area contributed by atoms with E-state index in [4.69, 9.17) is 17.2 Å². The van der Waals surface area contributed by atoms with Crippen LogP contribution in [-0.4, -0.2) is 182 Å². The van der Waals surface area contributed by atoms with Gasteiger partial charge in [-0.3, -0.25) is 48.1 Å². The summed E-state index contributed by atoms with van der Waals surface area (Å²) in [6.45, 7) is 12.1. The number of nitrogens with one attached hydrogen (secondary N) is 8. The number of likely N-dealkylation sites (tertiary alicyclic amines) is 2. The van der Waals surface area contributed by atoms with E-state index in [-0.39, 0.29) is 81.7 Å². The Bertz CT molecular complexity index is 2540. The van der Waals surface area contributed by atoms with Gasteiger partial charge in [-0.05, 0) is 81.1 Å². The SMILES string of the molecule is CCCC[C@H](N)C(=O)N1CCC[C@H]1C(=O)N[C@@H](CC(C)C)C(=O)N[C@@H](Cc1cnc[nH]1)C(=O)N[C@@H](CO)C(=O)N[C@@H](CCCN=C(N)N)C(=O)N[C@H](C(=O)N1CCC[C@H]1C(=O)N[C@@H](Cc1ccccc1)C(=O)N[C@@H](CC(C)C)C(=O)O)C(C)C. The fourth-order valence-corrected chi connectivity index (χ4v) is 10.2. The smallest absolute Gasteiger partial charge is 0.326 e. The number of hydrogen-bond donors (Lipinski definition) is 13. The number of guanidine groups is 1. The highest BCUT2D eigenvalue weighted by Crippen LogP contribution is 2.23. The summed E-state index contributed by atoms with van der Waals surface area (Å²) in [4.78, 5) is 152. The van der Waals surface area contributed by atoms with Crippen LogP contribution in [0.1, 0.15) is 130 Å². The zero-order valence-corrected chi connectivity index (χ0v) is 49.6. The average molecular weight is 1180 g/mol. The number of rotatable bonds is 34. The molecule has 0 radical (unpaired) electrons. The van der Waals surface area contributed by atoms with Crippen molar-refractivity contribution in [3.8, 4) is 0 Å². The molecule has 27 heteroatoms. The molecule has 1 aromatic carbocycles. The molecule has 3 heterocycles. The number of H-pyrrole nitrogens is 1. The maximum atomic E-state index is 14.6. The number of aliphatic hydroxyl groups excluding tert-OH is 1. The molecule has 4 rings (SSSR count). The molecule has 2 fully saturated rings. The van der Waals surface area contributed by atoms with Crippen LogP contribution in [0.2, 0.25) is 0 Å². The standard InChI is InChI=1S/C57H91N15O12/c1-8-9-18-37(58)54(81)71-23-14-20-44(71)52(79)66-39(25-32(2)3)48(75)65-41(28-36-29-61-31-63-36)50(77)69-43(30-73)51(78)64-38(19-13-22-62-57(59)60)47(74)70-46(34(6)7)55(82)72-24-15-21-45(72)53(80)67-40(27-35-16-11-10-12-17-35)49(76)68-42(56(83)84)26-33(4)5/h10-12,16-17,29,31-34,37-46,73H,8-9,13-15,18-28,30,58H2,1-7H3,(H,61,63)(H,64,78)(H,65,75)(H,66,79)(H,67,80)(H,68,76)(H,69,77)(H,70,74)(H,83,84)(H4,59,60,62)/t37-,38-,39-,40-,41-,42-,43-,44-,45-,46-/m0/s1. The molecule has 0 saturated carbocycles. The molecule has 2 aliphatic rings. The minimum absolute atomic E-state index is 0.0121. The van der Waals surface area contributed by atoms with Crippen LogP contribution in [0.25, 0.3) is 0 Å². The molecule has 27 nitrogen and oxygen atoms in total. The van der Waals surface area contributed by atoms with E-state index in [1.807, 2.05) is 34.6 Å². The molecule has 2 aromatic rings. The van der Waals surface area contributed by atoms with Gasteiger partial charge >= 0.3 is 5.97 Å². The van der Waals surface area contributed by atoms with E-state index < -0.39 is 126 Å². The number of aromatic nitrogens is 2. The Hall–Kier alpha value is -7.68. The second-order valence-electron chi connectivity index (χ2n) is 22.9. The van der Waals surface area contributed by atoms with Crippen LogP contribution in [0.5, 0.6) is 0 Å². The van der Waals surface area contributed by atoms with Gasteiger partial charge in [-0.25, -0.2) is 9.78 Å². The van der Waals surface area contributed by atoms with Gasteiger partial charge in [0, 0.05) is 44.4 Å². The summed E-state index contributed by atoms with van der Waals surface area (Å²) in [5, 5.41) is 39.1. The predicted octanol–water partition coefficient (Wildman–Crippen LogP) is -1.03. The summed E-state index contributed by atoms with van der Waals surface area (Å²) < 4.78 is 0. The van der Waals surface area contributed by atoms with Gasteiger partial charge in [-0.15, -0.1) is 0 Å². The molecule has 0 aliphatic carbocycles. The van der Waals surface area contributed by atoms with Crippen LogP contribution < -0.4 is 54.4 Å². The van der Waals surface area contributed by atoms with Crippen LogP contribution >= 0.6 is 0 Å². The number of aromatic amines is 1. The molecule has 84 heavy (non-hydrogen) atoms. The van der Waals surface area contributed by atoms with Gasteiger partial charge in [-0.2, -0.15) is 0 Å². The zero-order chi connectivity index (χ0) is 62.2. The first kappa shape index (κ1) is 68.8. The average Bonchev–Trinajstić information content (AvgIpc) is 4.40. The number of unbranched alkanes of at least 4 members (excludes halogenated alkanes) is 1. The van der Waals surface area contributed by atoms with Crippen molar-refractivity contribution in [2.24, 2.45) is 39.9 Å². The molecular formula is C57H91N15O12. The number of carboxylic acids is 1. The molecule has 16 N–H and O–H groups in total. The molecule has 2 saturated heterocycles. The number of hydrogen-bond acceptors (Lipinski definition) is 14. The molecule has 0 unspecified atom stereocenters. The summed E-state index contributed by atoms with van der Waals surface area (Å²) in [6, 6.07) is -3.36. The zero-order valence-electron chi connectivity index (χ0n) is 49.6. The van der Waals surface area contributed by atoms with Crippen molar-refractivity contribution >= 4 is 65.1 Å². The first-order chi connectivity index (χ1) is 39.8. The molecule has 1 aromatic heterocycles. The molecular weight excluding hydrogens is 1090 g/mol. The monoisotopic (exact) mass is 1180 g/mol. The second-order valence-corrected chi connectivity index (χ2v) is 22.9. The molecule has 0 bridgehead atoms. The number of aliphatic hydroxyl groups is 1. The quantitative estimate of drug-likeness (QED) is 0.0226. The number of nitrogens with zero attached hydrogens (tertiary/aromatic N) is 4. The van der Waals surface area contributed by atoms with E-state index in [2.05, 4.69) is 52.2 Å². The highest BCUT2D eigenvalue weighted by molar-refractivity contribution is 5.99. The Kier molecular flexibility index (Phi) is 28.0. The number of carboxylic acid groups (broad SMARTS) is 1. The van der Waals surface area contributed by atoms with Crippen molar-refractivity contribution < 1.29 is 58.2 Å². The highest BCUT2D eigenvalue weighted by Gasteiger charge is 2.42. The number of aliphatic imine (C=N–C) groups is 1. The van der Waals surface area contributed by atoms with Crippen molar-refractivity contribution in [1.29, 1.82) is 0 Å². The first-order valence-electron chi connectivity index (χ1n) is 29.2. The summed E-state index contributed by atoms with van der Waals surface area (Å²) in [7, 11) is 0. The molecule has 2 aliphatic heterocycles. The fourth-order valence-electron chi connectivity index (χ4n) is 10.2. The van der Waals surface area contributed by atoms with E-state index in [1.54, 1.807) is 44.2 Å². The van der Waals surface area contributed by atoms with E-state index in [1.165, 1.54) is 22.3 Å². The number of aliphatic carboxylic acids is 1. The van der Waals surface area contributed by atoms with Gasteiger partial charge in [0.15, 0.2) is 5.96 Å². The number of benzene rings is 1. The maximum absolute atomic E-state index is 14.6. The minimum Gasteiger partial charge on any atom is -0.480 e. The van der Waals surface area contributed by atoms with Crippen LogP contribution in [0.3, 0.4) is 0 Å². The maximum Gasteiger partial charge on any atom is 0.326 e. The van der Waals surface area contributed by atoms with Crippen LogP contribution in [0.4, 0.5) is 0 Å². The Morgan fingerprint density at radius 3 is 1.70 bits per heavy atom. The first-order valence-corrected chi connectivity index (χ1v) is 29.2. The lowest BCUT2D eigenvalue weighted by atomic mass is 10.00. The lowest BCUT2D eigenvalue weighted by Gasteiger charge is -2.32.